The summed E-state index contributed by atoms with van der Waals surface area (Å²) in [5.41, 5.74) is 0. The first-order valence-electron chi connectivity index (χ1n) is 4.91. The molecule has 86 valence electrons. The first-order chi connectivity index (χ1) is 7.21. The molecule has 0 aromatic rings. The van der Waals surface area contributed by atoms with Crippen LogP contribution in [0.4, 0.5) is 0 Å². The minimum Gasteiger partial charge on any atom is -0.469 e. The summed E-state index contributed by atoms with van der Waals surface area (Å²) >= 11 is 0. The topological polar surface area (TPSA) is 61.8 Å². The van der Waals surface area contributed by atoms with E-state index in [1.165, 1.54) is 14.2 Å². The van der Waals surface area contributed by atoms with E-state index in [4.69, 9.17) is 9.47 Å². The van der Waals surface area contributed by atoms with Crippen LogP contribution in [0.3, 0.4) is 0 Å². The fourth-order valence-electron chi connectivity index (χ4n) is 1.66. The van der Waals surface area contributed by atoms with Crippen molar-refractivity contribution in [3.8, 4) is 0 Å². The number of esters is 1. The highest BCUT2D eigenvalue weighted by Crippen LogP contribution is 2.28. The average molecular weight is 216 g/mol. The van der Waals surface area contributed by atoms with Gasteiger partial charge < -0.3 is 19.0 Å². The van der Waals surface area contributed by atoms with E-state index in [1.54, 1.807) is 0 Å². The van der Waals surface area contributed by atoms with Gasteiger partial charge in [-0.2, -0.15) is 0 Å². The summed E-state index contributed by atoms with van der Waals surface area (Å²) in [5.74, 6) is -0.469. The van der Waals surface area contributed by atoms with Crippen molar-refractivity contribution in [2.24, 2.45) is 5.92 Å². The second-order valence-corrected chi connectivity index (χ2v) is 3.49. The largest absolute Gasteiger partial charge is 0.469 e. The van der Waals surface area contributed by atoms with E-state index in [-0.39, 0.29) is 30.7 Å². The molecule has 1 aliphatic heterocycles. The van der Waals surface area contributed by atoms with Gasteiger partial charge in [0.25, 0.3) is 0 Å². The lowest BCUT2D eigenvalue weighted by molar-refractivity contribution is -0.144. The zero-order chi connectivity index (χ0) is 11.3. The highest BCUT2D eigenvalue weighted by molar-refractivity contribution is 5.69. The Kier molecular flexibility index (Phi) is 4.71. The third-order valence-corrected chi connectivity index (χ3v) is 2.57. The van der Waals surface area contributed by atoms with Crippen LogP contribution in [-0.2, 0) is 23.8 Å². The fourth-order valence-corrected chi connectivity index (χ4v) is 1.66. The molecule has 0 radical (unpaired) electrons. The Balaban J connectivity index is 2.39. The predicted molar refractivity (Wildman–Crippen MR) is 51.1 cm³/mol. The molecule has 3 atom stereocenters. The number of ether oxygens (including phenoxy) is 3. The van der Waals surface area contributed by atoms with Crippen molar-refractivity contribution in [2.75, 3.05) is 14.2 Å². The zero-order valence-corrected chi connectivity index (χ0v) is 8.97. The Hall–Kier alpha value is -0.940. The normalized spacial score (nSPS) is 30.1. The molecule has 1 heterocycles. The van der Waals surface area contributed by atoms with Crippen LogP contribution in [-0.4, -0.2) is 38.9 Å². The molecule has 0 amide bonds. The summed E-state index contributed by atoms with van der Waals surface area (Å²) in [5, 5.41) is 0. The van der Waals surface area contributed by atoms with E-state index < -0.39 is 0 Å². The summed E-state index contributed by atoms with van der Waals surface area (Å²) < 4.78 is 15.0. The Labute approximate surface area is 88.7 Å². The maximum Gasteiger partial charge on any atom is 0.305 e. The Morgan fingerprint density at radius 2 is 2.27 bits per heavy atom. The summed E-state index contributed by atoms with van der Waals surface area (Å²) in [6, 6.07) is 0. The summed E-state index contributed by atoms with van der Waals surface area (Å²) in [6.45, 7) is 0. The van der Waals surface area contributed by atoms with E-state index in [0.717, 1.165) is 6.29 Å². The molecule has 5 heteroatoms. The molecule has 0 spiro atoms. The third-order valence-electron chi connectivity index (χ3n) is 2.57. The maximum absolute atomic E-state index is 10.9. The van der Waals surface area contributed by atoms with Crippen LogP contribution in [0.2, 0.25) is 0 Å². The van der Waals surface area contributed by atoms with Crippen LogP contribution in [0.25, 0.3) is 0 Å². The van der Waals surface area contributed by atoms with Crippen LogP contribution < -0.4 is 0 Å². The van der Waals surface area contributed by atoms with Crippen LogP contribution in [0, 0.1) is 5.92 Å². The number of carbonyl (C=O) groups excluding carboxylic acids is 2. The molecule has 1 fully saturated rings. The second kappa shape index (κ2) is 5.82. The van der Waals surface area contributed by atoms with Crippen molar-refractivity contribution in [2.45, 2.75) is 31.7 Å². The smallest absolute Gasteiger partial charge is 0.305 e. The van der Waals surface area contributed by atoms with E-state index in [9.17, 15) is 9.59 Å². The van der Waals surface area contributed by atoms with Crippen molar-refractivity contribution in [1.82, 2.24) is 0 Å². The molecule has 1 unspecified atom stereocenters. The molecule has 0 saturated carbocycles. The van der Waals surface area contributed by atoms with Gasteiger partial charge in [0, 0.05) is 25.9 Å². The van der Waals surface area contributed by atoms with E-state index >= 15 is 0 Å². The van der Waals surface area contributed by atoms with Gasteiger partial charge in [0.05, 0.1) is 13.2 Å². The van der Waals surface area contributed by atoms with Crippen LogP contribution in [0.5, 0.6) is 0 Å². The number of hydrogen-bond donors (Lipinski definition) is 0. The molecule has 0 aliphatic carbocycles. The van der Waals surface area contributed by atoms with E-state index in [0.29, 0.717) is 12.8 Å². The zero-order valence-electron chi connectivity index (χ0n) is 8.97. The number of hydrogen-bond acceptors (Lipinski definition) is 5. The molecule has 1 aliphatic rings. The molecular formula is C10H16O5. The van der Waals surface area contributed by atoms with Crippen molar-refractivity contribution >= 4 is 12.3 Å². The molecule has 0 aromatic carbocycles. The van der Waals surface area contributed by atoms with Crippen LogP contribution >= 0.6 is 0 Å². The molecular weight excluding hydrogens is 200 g/mol. The molecule has 0 N–H and O–H groups in total. The van der Waals surface area contributed by atoms with Gasteiger partial charge in [-0.15, -0.1) is 0 Å². The number of methoxy groups -OCH3 is 2. The van der Waals surface area contributed by atoms with Crippen molar-refractivity contribution < 1.29 is 23.8 Å². The van der Waals surface area contributed by atoms with Gasteiger partial charge in [-0.1, -0.05) is 0 Å². The summed E-state index contributed by atoms with van der Waals surface area (Å²) in [7, 11) is 2.88. The fraction of sp³-hybridized carbons (Fsp3) is 0.800. The van der Waals surface area contributed by atoms with Crippen molar-refractivity contribution in [3.05, 3.63) is 0 Å². The Bertz CT molecular complexity index is 228. The molecule has 0 aromatic heterocycles. The quantitative estimate of drug-likeness (QED) is 0.495. The maximum atomic E-state index is 10.9. The number of rotatable bonds is 5. The summed E-state index contributed by atoms with van der Waals surface area (Å²) in [6.07, 6.45) is 1.62. The first kappa shape index (κ1) is 12.1. The lowest BCUT2D eigenvalue weighted by Gasteiger charge is -2.13. The van der Waals surface area contributed by atoms with Gasteiger partial charge in [-0.25, -0.2) is 0 Å². The van der Waals surface area contributed by atoms with Gasteiger partial charge in [0.2, 0.25) is 0 Å². The standard InChI is InChI=1S/C10H16O5/c1-13-9(12)4-3-8-7(6-11)5-10(14-2)15-8/h6-8,10H,3-5H2,1-2H3/t7-,8+,10?/m0/s1. The van der Waals surface area contributed by atoms with Crippen molar-refractivity contribution in [1.29, 1.82) is 0 Å². The number of carbonyl (C=O) groups is 2. The van der Waals surface area contributed by atoms with Gasteiger partial charge in [0.1, 0.15) is 6.29 Å². The third kappa shape index (κ3) is 3.28. The van der Waals surface area contributed by atoms with E-state index in [1.807, 2.05) is 0 Å². The van der Waals surface area contributed by atoms with Crippen LogP contribution in [0.1, 0.15) is 19.3 Å². The average Bonchev–Trinajstić information content (AvgIpc) is 2.68. The monoisotopic (exact) mass is 216 g/mol. The summed E-state index contributed by atoms with van der Waals surface area (Å²) in [4.78, 5) is 21.7. The molecule has 5 nitrogen and oxygen atoms in total. The highest BCUT2D eigenvalue weighted by Gasteiger charge is 2.35. The molecule has 1 saturated heterocycles. The minimum atomic E-state index is -0.331. The molecule has 15 heavy (non-hydrogen) atoms. The van der Waals surface area contributed by atoms with Crippen LogP contribution in [0.15, 0.2) is 0 Å². The van der Waals surface area contributed by atoms with Gasteiger partial charge in [0.15, 0.2) is 6.29 Å². The first-order valence-corrected chi connectivity index (χ1v) is 4.91. The highest BCUT2D eigenvalue weighted by atomic mass is 16.7. The van der Waals surface area contributed by atoms with E-state index in [2.05, 4.69) is 4.74 Å². The lowest BCUT2D eigenvalue weighted by atomic mass is 9.99. The lowest BCUT2D eigenvalue weighted by Crippen LogP contribution is -2.19. The SMILES string of the molecule is COC(=O)CC[C@H]1OC(OC)C[C@H]1C=O. The van der Waals surface area contributed by atoms with Gasteiger partial charge in [-0.3, -0.25) is 4.79 Å². The Morgan fingerprint density at radius 3 is 2.80 bits per heavy atom. The second-order valence-electron chi connectivity index (χ2n) is 3.49. The Morgan fingerprint density at radius 1 is 1.53 bits per heavy atom. The molecule has 1 rings (SSSR count). The molecule has 0 bridgehead atoms. The predicted octanol–water partition coefficient (Wildman–Crippen LogP) is 0.516. The van der Waals surface area contributed by atoms with Gasteiger partial charge >= 0.3 is 5.97 Å². The van der Waals surface area contributed by atoms with Crippen molar-refractivity contribution in [3.63, 3.8) is 0 Å². The van der Waals surface area contributed by atoms with Gasteiger partial charge in [-0.05, 0) is 6.42 Å². The minimum absolute atomic E-state index is 0.181. The number of aldehydes is 1.